The lowest BCUT2D eigenvalue weighted by Crippen LogP contribution is -2.29. The second kappa shape index (κ2) is 5.95. The molecule has 0 aliphatic carbocycles. The van der Waals surface area contributed by atoms with Gasteiger partial charge in [-0.15, -0.1) is 11.3 Å². The van der Waals surface area contributed by atoms with Gasteiger partial charge in [0.25, 0.3) is 0 Å². The minimum atomic E-state index is -3.46. The molecule has 0 unspecified atom stereocenters. The summed E-state index contributed by atoms with van der Waals surface area (Å²) in [5.41, 5.74) is 6.91. The van der Waals surface area contributed by atoms with Crippen LogP contribution in [0.4, 0.5) is 5.69 Å². The Hall–Kier alpha value is -1.37. The van der Waals surface area contributed by atoms with Crippen molar-refractivity contribution >= 4 is 27.0 Å². The van der Waals surface area contributed by atoms with Gasteiger partial charge < -0.3 is 5.73 Å². The van der Waals surface area contributed by atoms with Crippen LogP contribution in [0, 0.1) is 6.92 Å². The van der Waals surface area contributed by atoms with Gasteiger partial charge in [-0.25, -0.2) is 12.7 Å². The highest BCUT2D eigenvalue weighted by molar-refractivity contribution is 7.89. The fraction of sp³-hybridized carbons (Fsp3) is 0.286. The Labute approximate surface area is 123 Å². The van der Waals surface area contributed by atoms with E-state index in [2.05, 4.69) is 0 Å². The second-order valence-corrected chi connectivity index (χ2v) is 7.73. The normalized spacial score (nSPS) is 11.9. The third-order valence-electron chi connectivity index (χ3n) is 3.14. The molecule has 0 spiro atoms. The summed E-state index contributed by atoms with van der Waals surface area (Å²) in [6.07, 6.45) is 0.724. The number of nitrogens with two attached hydrogens (primary N) is 1. The van der Waals surface area contributed by atoms with Gasteiger partial charge in [0.1, 0.15) is 0 Å². The quantitative estimate of drug-likeness (QED) is 0.863. The van der Waals surface area contributed by atoms with E-state index in [1.165, 1.54) is 9.18 Å². The van der Waals surface area contributed by atoms with Crippen LogP contribution in [0.3, 0.4) is 0 Å². The maximum Gasteiger partial charge on any atom is 0.243 e. The number of thiophene rings is 1. The van der Waals surface area contributed by atoms with Crippen LogP contribution in [-0.4, -0.2) is 26.3 Å². The first-order valence-electron chi connectivity index (χ1n) is 6.26. The molecule has 6 heteroatoms. The maximum atomic E-state index is 12.5. The minimum Gasteiger partial charge on any atom is -0.399 e. The highest BCUT2D eigenvalue weighted by Crippen LogP contribution is 2.21. The number of nitrogens with zero attached hydrogens (tertiary/aromatic N) is 1. The molecule has 0 radical (unpaired) electrons. The Balaban J connectivity index is 2.16. The Morgan fingerprint density at radius 2 is 2.05 bits per heavy atom. The van der Waals surface area contributed by atoms with Crippen molar-refractivity contribution in [2.45, 2.75) is 18.2 Å². The van der Waals surface area contributed by atoms with E-state index in [1.54, 1.807) is 43.5 Å². The number of likely N-dealkylation sites (N-methyl/N-ethyl adjacent to an activating group) is 1. The van der Waals surface area contributed by atoms with Crippen molar-refractivity contribution in [3.8, 4) is 0 Å². The smallest absolute Gasteiger partial charge is 0.243 e. The molecule has 4 nitrogen and oxygen atoms in total. The van der Waals surface area contributed by atoms with E-state index in [1.807, 2.05) is 17.5 Å². The Bertz CT molecular complexity index is 679. The standard InChI is InChI=1S/C14H18N2O2S2/c1-11-10-12(15)5-6-14(11)20(17,18)16(2)8-7-13-4-3-9-19-13/h3-6,9-10H,7-8,15H2,1-2H3. The van der Waals surface area contributed by atoms with E-state index in [-0.39, 0.29) is 0 Å². The van der Waals surface area contributed by atoms with Gasteiger partial charge in [0, 0.05) is 24.2 Å². The summed E-state index contributed by atoms with van der Waals surface area (Å²) in [7, 11) is -1.85. The molecule has 0 amide bonds. The number of hydrogen-bond donors (Lipinski definition) is 1. The molecule has 2 N–H and O–H groups in total. The van der Waals surface area contributed by atoms with Gasteiger partial charge in [-0.2, -0.15) is 0 Å². The van der Waals surface area contributed by atoms with Gasteiger partial charge >= 0.3 is 0 Å². The monoisotopic (exact) mass is 310 g/mol. The fourth-order valence-corrected chi connectivity index (χ4v) is 4.04. The number of hydrogen-bond acceptors (Lipinski definition) is 4. The van der Waals surface area contributed by atoms with E-state index >= 15 is 0 Å². The molecular weight excluding hydrogens is 292 g/mol. The van der Waals surface area contributed by atoms with E-state index in [0.29, 0.717) is 22.7 Å². The summed E-state index contributed by atoms with van der Waals surface area (Å²) >= 11 is 1.64. The van der Waals surface area contributed by atoms with Crippen LogP contribution in [0.1, 0.15) is 10.4 Å². The molecular formula is C14H18N2O2S2. The summed E-state index contributed by atoms with van der Waals surface area (Å²) in [6, 6.07) is 8.85. The molecule has 0 fully saturated rings. The molecule has 2 aromatic rings. The van der Waals surface area contributed by atoms with Crippen molar-refractivity contribution in [2.75, 3.05) is 19.3 Å². The second-order valence-electron chi connectivity index (χ2n) is 4.68. The number of anilines is 1. The van der Waals surface area contributed by atoms with Gasteiger partial charge in [0.15, 0.2) is 0 Å². The highest BCUT2D eigenvalue weighted by Gasteiger charge is 2.22. The summed E-state index contributed by atoms with van der Waals surface area (Å²) < 4.78 is 26.4. The first kappa shape index (κ1) is 15.0. The molecule has 1 aromatic carbocycles. The third-order valence-corrected chi connectivity index (χ3v) is 6.09. The van der Waals surface area contributed by atoms with E-state index < -0.39 is 10.0 Å². The SMILES string of the molecule is Cc1cc(N)ccc1S(=O)(=O)N(C)CCc1cccs1. The van der Waals surface area contributed by atoms with E-state index in [4.69, 9.17) is 5.73 Å². The minimum absolute atomic E-state index is 0.320. The van der Waals surface area contributed by atoms with Crippen molar-refractivity contribution < 1.29 is 8.42 Å². The lowest BCUT2D eigenvalue weighted by Gasteiger charge is -2.18. The molecule has 0 bridgehead atoms. The number of benzene rings is 1. The van der Waals surface area contributed by atoms with Crippen LogP contribution in [0.5, 0.6) is 0 Å². The largest absolute Gasteiger partial charge is 0.399 e. The highest BCUT2D eigenvalue weighted by atomic mass is 32.2. The topological polar surface area (TPSA) is 63.4 Å². The molecule has 0 atom stereocenters. The molecule has 1 heterocycles. The first-order valence-corrected chi connectivity index (χ1v) is 8.58. The van der Waals surface area contributed by atoms with Crippen LogP contribution in [-0.2, 0) is 16.4 Å². The van der Waals surface area contributed by atoms with Crippen molar-refractivity contribution in [1.29, 1.82) is 0 Å². The molecule has 108 valence electrons. The zero-order chi connectivity index (χ0) is 14.8. The van der Waals surface area contributed by atoms with Crippen molar-refractivity contribution in [1.82, 2.24) is 4.31 Å². The zero-order valence-corrected chi connectivity index (χ0v) is 13.2. The van der Waals surface area contributed by atoms with Gasteiger partial charge in [-0.1, -0.05) is 6.07 Å². The molecule has 2 rings (SSSR count). The maximum absolute atomic E-state index is 12.5. The first-order chi connectivity index (χ1) is 9.41. The zero-order valence-electron chi connectivity index (χ0n) is 11.5. The number of nitrogen functional groups attached to an aromatic ring is 1. The average molecular weight is 310 g/mol. The van der Waals surface area contributed by atoms with E-state index in [9.17, 15) is 8.42 Å². The number of rotatable bonds is 5. The van der Waals surface area contributed by atoms with Gasteiger partial charge in [-0.05, 0) is 48.6 Å². The van der Waals surface area contributed by atoms with Crippen molar-refractivity contribution in [2.24, 2.45) is 0 Å². The van der Waals surface area contributed by atoms with Crippen molar-refractivity contribution in [3.05, 3.63) is 46.2 Å². The Morgan fingerprint density at radius 3 is 2.65 bits per heavy atom. The lowest BCUT2D eigenvalue weighted by molar-refractivity contribution is 0.473. The lowest BCUT2D eigenvalue weighted by atomic mass is 10.2. The predicted octanol–water partition coefficient (Wildman–Crippen LogP) is 2.50. The molecule has 1 aromatic heterocycles. The Morgan fingerprint density at radius 1 is 1.30 bits per heavy atom. The number of aryl methyl sites for hydroxylation is 1. The number of sulfonamides is 1. The fourth-order valence-electron chi connectivity index (χ4n) is 1.97. The molecule has 0 aliphatic rings. The molecule has 0 aliphatic heterocycles. The molecule has 0 saturated heterocycles. The molecule has 0 saturated carbocycles. The van der Waals surface area contributed by atoms with Gasteiger partial charge in [0.2, 0.25) is 10.0 Å². The van der Waals surface area contributed by atoms with Crippen LogP contribution in [0.15, 0.2) is 40.6 Å². The van der Waals surface area contributed by atoms with Gasteiger partial charge in [0.05, 0.1) is 4.90 Å². The van der Waals surface area contributed by atoms with E-state index in [0.717, 1.165) is 6.42 Å². The summed E-state index contributed by atoms with van der Waals surface area (Å²) in [6.45, 7) is 2.23. The average Bonchev–Trinajstić information content (AvgIpc) is 2.88. The van der Waals surface area contributed by atoms with Crippen molar-refractivity contribution in [3.63, 3.8) is 0 Å². The van der Waals surface area contributed by atoms with Crippen LogP contribution in [0.2, 0.25) is 0 Å². The van der Waals surface area contributed by atoms with Crippen LogP contribution < -0.4 is 5.73 Å². The Kier molecular flexibility index (Phi) is 4.47. The van der Waals surface area contributed by atoms with Crippen LogP contribution in [0.25, 0.3) is 0 Å². The predicted molar refractivity (Wildman–Crippen MR) is 83.4 cm³/mol. The van der Waals surface area contributed by atoms with Gasteiger partial charge in [-0.3, -0.25) is 0 Å². The van der Waals surface area contributed by atoms with Crippen LogP contribution >= 0.6 is 11.3 Å². The molecule has 20 heavy (non-hydrogen) atoms. The summed E-state index contributed by atoms with van der Waals surface area (Å²) in [5, 5.41) is 1.99. The summed E-state index contributed by atoms with van der Waals surface area (Å²) in [5.74, 6) is 0. The summed E-state index contributed by atoms with van der Waals surface area (Å²) in [4.78, 5) is 1.50. The third kappa shape index (κ3) is 3.20.